The molecule has 34 heavy (non-hydrogen) atoms. The Morgan fingerprint density at radius 3 is 2.68 bits per heavy atom. The average Bonchev–Trinajstić information content (AvgIpc) is 3.07. The minimum Gasteiger partial charge on any atom is -0.493 e. The Morgan fingerprint density at radius 2 is 1.97 bits per heavy atom. The summed E-state index contributed by atoms with van der Waals surface area (Å²) in [5.41, 5.74) is 1.17. The van der Waals surface area contributed by atoms with Crippen molar-refractivity contribution in [2.45, 2.75) is 6.42 Å². The number of carbonyl (C=O) groups excluding carboxylic acids is 2. The minimum absolute atomic E-state index is 0.136. The van der Waals surface area contributed by atoms with E-state index in [0.29, 0.717) is 56.0 Å². The Bertz CT molecular complexity index is 1130. The van der Waals surface area contributed by atoms with Crippen molar-refractivity contribution >= 4 is 75.1 Å². The van der Waals surface area contributed by atoms with Crippen molar-refractivity contribution in [2.24, 2.45) is 0 Å². The molecule has 1 aliphatic rings. The number of nitrogens with zero attached hydrogens (tertiary/aromatic N) is 1. The monoisotopic (exact) mass is 540 g/mol. The van der Waals surface area contributed by atoms with Crippen molar-refractivity contribution in [3.05, 3.63) is 56.9 Å². The topological polar surface area (TPSA) is 77.1 Å². The number of hydrogen-bond acceptors (Lipinski definition) is 7. The Balaban J connectivity index is 1.64. The van der Waals surface area contributed by atoms with Gasteiger partial charge in [-0.3, -0.25) is 14.5 Å². The van der Waals surface area contributed by atoms with Gasteiger partial charge >= 0.3 is 0 Å². The van der Waals surface area contributed by atoms with E-state index in [1.807, 2.05) is 0 Å². The summed E-state index contributed by atoms with van der Waals surface area (Å²) in [7, 11) is 3.11. The zero-order valence-corrected chi connectivity index (χ0v) is 21.6. The highest BCUT2D eigenvalue weighted by molar-refractivity contribution is 8.26. The average molecular weight is 541 g/mol. The number of rotatable bonds is 10. The number of methoxy groups -OCH3 is 2. The normalized spacial score (nSPS) is 14.6. The molecular formula is C23H22Cl2N2O5S2. The molecule has 3 rings (SSSR count). The third-order valence-electron chi connectivity index (χ3n) is 4.65. The molecule has 1 aliphatic heterocycles. The number of carbonyl (C=O) groups is 2. The molecule has 0 aromatic heterocycles. The van der Waals surface area contributed by atoms with Gasteiger partial charge in [-0.1, -0.05) is 53.2 Å². The molecule has 2 aromatic carbocycles. The Morgan fingerprint density at radius 1 is 1.18 bits per heavy atom. The van der Waals surface area contributed by atoms with Gasteiger partial charge in [0, 0.05) is 25.3 Å². The van der Waals surface area contributed by atoms with E-state index < -0.39 is 5.91 Å². The summed E-state index contributed by atoms with van der Waals surface area (Å²) >= 11 is 18.5. The number of hydrogen-bond donors (Lipinski definition) is 1. The fraction of sp³-hybridized carbons (Fsp3) is 0.261. The fourth-order valence-corrected chi connectivity index (χ4v) is 4.79. The van der Waals surface area contributed by atoms with Gasteiger partial charge in [-0.15, -0.1) is 0 Å². The van der Waals surface area contributed by atoms with Crippen LogP contribution in [0, 0.1) is 0 Å². The first-order valence-electron chi connectivity index (χ1n) is 10.1. The third kappa shape index (κ3) is 6.86. The number of nitrogens with one attached hydrogen (secondary N) is 1. The maximum atomic E-state index is 12.7. The van der Waals surface area contributed by atoms with Gasteiger partial charge < -0.3 is 19.5 Å². The van der Waals surface area contributed by atoms with Crippen LogP contribution in [0.5, 0.6) is 11.5 Å². The van der Waals surface area contributed by atoms with E-state index in [1.165, 1.54) is 24.9 Å². The van der Waals surface area contributed by atoms with Crippen LogP contribution in [0.2, 0.25) is 10.0 Å². The third-order valence-corrected chi connectivity index (χ3v) is 6.58. The number of benzene rings is 2. The summed E-state index contributed by atoms with van der Waals surface area (Å²) in [6, 6.07) is 9.93. The zero-order valence-electron chi connectivity index (χ0n) is 18.4. The van der Waals surface area contributed by atoms with E-state index in [-0.39, 0.29) is 12.5 Å². The molecule has 0 saturated carbocycles. The molecular weight excluding hydrogens is 519 g/mol. The van der Waals surface area contributed by atoms with Gasteiger partial charge in [0.15, 0.2) is 18.1 Å². The lowest BCUT2D eigenvalue weighted by Gasteiger charge is -2.13. The molecule has 1 fully saturated rings. The molecule has 0 spiro atoms. The van der Waals surface area contributed by atoms with E-state index in [2.05, 4.69) is 5.32 Å². The van der Waals surface area contributed by atoms with Crippen LogP contribution in [0.15, 0.2) is 41.3 Å². The maximum absolute atomic E-state index is 12.7. The second-order valence-electron chi connectivity index (χ2n) is 7.05. The van der Waals surface area contributed by atoms with Crippen molar-refractivity contribution < 1.29 is 23.8 Å². The highest BCUT2D eigenvalue weighted by Crippen LogP contribution is 2.35. The first-order chi connectivity index (χ1) is 16.3. The summed E-state index contributed by atoms with van der Waals surface area (Å²) in [4.78, 5) is 27.1. The second kappa shape index (κ2) is 12.4. The molecule has 1 N–H and O–H groups in total. The Hall–Kier alpha value is -2.30. The van der Waals surface area contributed by atoms with Crippen LogP contribution in [-0.4, -0.2) is 55.0 Å². The lowest BCUT2D eigenvalue weighted by molar-refractivity contribution is -0.122. The molecule has 1 heterocycles. The number of thioether (sulfide) groups is 1. The molecule has 0 radical (unpaired) electrons. The number of halogens is 2. The van der Waals surface area contributed by atoms with Gasteiger partial charge in [-0.25, -0.2) is 0 Å². The Kier molecular flexibility index (Phi) is 9.61. The van der Waals surface area contributed by atoms with Crippen LogP contribution in [0.25, 0.3) is 6.08 Å². The van der Waals surface area contributed by atoms with Crippen molar-refractivity contribution in [2.75, 3.05) is 39.3 Å². The van der Waals surface area contributed by atoms with Crippen LogP contribution in [0.1, 0.15) is 12.0 Å². The summed E-state index contributed by atoms with van der Waals surface area (Å²) in [5, 5.41) is 3.46. The standard InChI is InChI=1S/C23H22Cl2N2O5S2/c1-30-9-3-8-27-22(29)20(34-23(27)33)11-14-4-7-18(19(10-14)31-2)32-13-21(28)26-17-6-5-15(24)12-16(17)25/h4-7,10-12H,3,8-9,13H2,1-2H3,(H,26,28)/b20-11-. The van der Waals surface area contributed by atoms with E-state index in [0.717, 1.165) is 5.56 Å². The van der Waals surface area contributed by atoms with E-state index in [9.17, 15) is 9.59 Å². The quantitative estimate of drug-likeness (QED) is 0.250. The number of ether oxygens (including phenoxy) is 3. The molecule has 0 aliphatic carbocycles. The number of anilines is 1. The smallest absolute Gasteiger partial charge is 0.266 e. The number of thiocarbonyl (C=S) groups is 1. The number of amides is 2. The zero-order chi connectivity index (χ0) is 24.7. The minimum atomic E-state index is -0.396. The van der Waals surface area contributed by atoms with Crippen molar-refractivity contribution in [3.63, 3.8) is 0 Å². The predicted octanol–water partition coefficient (Wildman–Crippen LogP) is 5.26. The summed E-state index contributed by atoms with van der Waals surface area (Å²) in [6.07, 6.45) is 2.45. The summed E-state index contributed by atoms with van der Waals surface area (Å²) in [5.74, 6) is 0.265. The van der Waals surface area contributed by atoms with Crippen molar-refractivity contribution in [1.82, 2.24) is 4.90 Å². The molecule has 7 nitrogen and oxygen atoms in total. The molecule has 1 saturated heterocycles. The van der Waals surface area contributed by atoms with Crippen LogP contribution in [0.3, 0.4) is 0 Å². The van der Waals surface area contributed by atoms with Gasteiger partial charge in [-0.2, -0.15) is 0 Å². The van der Waals surface area contributed by atoms with Gasteiger partial charge in [0.05, 0.1) is 22.7 Å². The van der Waals surface area contributed by atoms with E-state index in [1.54, 1.807) is 48.4 Å². The van der Waals surface area contributed by atoms with Crippen LogP contribution in [-0.2, 0) is 14.3 Å². The molecule has 11 heteroatoms. The van der Waals surface area contributed by atoms with Crippen LogP contribution >= 0.6 is 47.2 Å². The van der Waals surface area contributed by atoms with Gasteiger partial charge in [0.2, 0.25) is 0 Å². The Labute approximate surface area is 217 Å². The summed E-state index contributed by atoms with van der Waals surface area (Å²) in [6.45, 7) is 0.809. The predicted molar refractivity (Wildman–Crippen MR) is 140 cm³/mol. The lowest BCUT2D eigenvalue weighted by atomic mass is 10.2. The molecule has 0 unspecified atom stereocenters. The van der Waals surface area contributed by atoms with Gasteiger partial charge in [0.1, 0.15) is 4.32 Å². The van der Waals surface area contributed by atoms with Gasteiger partial charge in [0.25, 0.3) is 11.8 Å². The fourth-order valence-electron chi connectivity index (χ4n) is 3.02. The first-order valence-corrected chi connectivity index (χ1v) is 12.1. The largest absolute Gasteiger partial charge is 0.493 e. The lowest BCUT2D eigenvalue weighted by Crippen LogP contribution is -2.29. The van der Waals surface area contributed by atoms with Crippen LogP contribution in [0.4, 0.5) is 5.69 Å². The van der Waals surface area contributed by atoms with E-state index >= 15 is 0 Å². The summed E-state index contributed by atoms with van der Waals surface area (Å²) < 4.78 is 16.6. The highest BCUT2D eigenvalue weighted by Gasteiger charge is 2.31. The molecule has 2 aromatic rings. The molecule has 180 valence electrons. The van der Waals surface area contributed by atoms with Crippen molar-refractivity contribution in [1.29, 1.82) is 0 Å². The van der Waals surface area contributed by atoms with Gasteiger partial charge in [-0.05, 0) is 48.4 Å². The highest BCUT2D eigenvalue weighted by atomic mass is 35.5. The molecule has 0 atom stereocenters. The van der Waals surface area contributed by atoms with E-state index in [4.69, 9.17) is 49.6 Å². The second-order valence-corrected chi connectivity index (χ2v) is 9.57. The molecule has 2 amide bonds. The SMILES string of the molecule is COCCCN1C(=O)/C(=C/c2ccc(OCC(=O)Nc3ccc(Cl)cc3Cl)c(OC)c2)SC1=S. The van der Waals surface area contributed by atoms with Crippen LogP contribution < -0.4 is 14.8 Å². The molecule has 0 bridgehead atoms. The van der Waals surface area contributed by atoms with Crippen molar-refractivity contribution in [3.8, 4) is 11.5 Å². The first kappa shape index (κ1) is 26.3. The maximum Gasteiger partial charge on any atom is 0.266 e.